The molecule has 0 bridgehead atoms. The molecule has 0 fully saturated rings. The number of nitrogens with two attached hydrogens (primary N) is 1. The van der Waals surface area contributed by atoms with E-state index in [1.807, 2.05) is 0 Å². The predicted molar refractivity (Wildman–Crippen MR) is 106 cm³/mol. The molecule has 0 aliphatic heterocycles. The first-order valence-electron chi connectivity index (χ1n) is 7.16. The number of methoxy groups -OCH3 is 2. The zero-order chi connectivity index (χ0) is 21.6. The summed E-state index contributed by atoms with van der Waals surface area (Å²) >= 11 is 6.03. The number of carboxylic acid groups (broad SMARTS) is 2. The minimum atomic E-state index is -1.38. The van der Waals surface area contributed by atoms with Crippen LogP contribution < -0.4 is 15.2 Å². The zero-order valence-corrected chi connectivity index (χ0v) is 17.6. The molecule has 2 rings (SSSR count). The van der Waals surface area contributed by atoms with E-state index in [0.29, 0.717) is 10.2 Å². The Labute approximate surface area is 175 Å². The monoisotopic (exact) mass is 520 g/mol. The largest absolute Gasteiger partial charge is 0.495 e. The van der Waals surface area contributed by atoms with E-state index in [0.717, 1.165) is 0 Å². The molecule has 0 saturated carbocycles. The van der Waals surface area contributed by atoms with E-state index in [-0.39, 0.29) is 21.5 Å². The number of anilines is 1. The van der Waals surface area contributed by atoms with Crippen LogP contribution in [-0.4, -0.2) is 41.3 Å². The summed E-state index contributed by atoms with van der Waals surface area (Å²) in [6.45, 7) is 0. The van der Waals surface area contributed by atoms with Crippen molar-refractivity contribution in [2.24, 2.45) is 0 Å². The van der Waals surface area contributed by atoms with Gasteiger partial charge in [0.15, 0.2) is 11.3 Å². The molecule has 0 aliphatic carbocycles. The second kappa shape index (κ2) is 9.90. The van der Waals surface area contributed by atoms with Crippen molar-refractivity contribution in [3.05, 3.63) is 54.5 Å². The van der Waals surface area contributed by atoms with Gasteiger partial charge in [0.2, 0.25) is 0 Å². The summed E-state index contributed by atoms with van der Waals surface area (Å²) in [6, 6.07) is 5.90. The van der Waals surface area contributed by atoms with Crippen molar-refractivity contribution in [2.75, 3.05) is 20.0 Å². The van der Waals surface area contributed by atoms with Crippen LogP contribution in [0.1, 0.15) is 20.7 Å². The molecule has 0 heterocycles. The summed E-state index contributed by atoms with van der Waals surface area (Å²) in [4.78, 5) is 31.5. The van der Waals surface area contributed by atoms with Gasteiger partial charge in [0, 0.05) is 8.95 Å². The topological polar surface area (TPSA) is 162 Å². The molecule has 4 N–H and O–H groups in total. The van der Waals surface area contributed by atoms with E-state index in [1.54, 1.807) is 12.1 Å². The second-order valence-electron chi connectivity index (χ2n) is 4.88. The number of nitro benzene ring substituents is 1. The van der Waals surface area contributed by atoms with E-state index in [1.165, 1.54) is 26.4 Å². The minimum absolute atomic E-state index is 0.0272. The van der Waals surface area contributed by atoms with Gasteiger partial charge in [-0.05, 0) is 56.1 Å². The van der Waals surface area contributed by atoms with E-state index in [4.69, 9.17) is 25.4 Å². The third kappa shape index (κ3) is 5.10. The maximum absolute atomic E-state index is 10.8. The van der Waals surface area contributed by atoms with E-state index >= 15 is 0 Å². The van der Waals surface area contributed by atoms with Gasteiger partial charge in [-0.2, -0.15) is 0 Å². The molecule has 0 atom stereocenters. The van der Waals surface area contributed by atoms with Gasteiger partial charge in [-0.25, -0.2) is 9.59 Å². The summed E-state index contributed by atoms with van der Waals surface area (Å²) in [5.41, 5.74) is 4.74. The number of halogens is 2. The smallest absolute Gasteiger partial charge is 0.344 e. The Morgan fingerprint density at radius 3 is 1.79 bits per heavy atom. The molecular weight excluding hydrogens is 508 g/mol. The fourth-order valence-corrected chi connectivity index (χ4v) is 3.07. The fraction of sp³-hybridized carbons (Fsp3) is 0.125. The third-order valence-electron chi connectivity index (χ3n) is 3.29. The first-order chi connectivity index (χ1) is 13.1. The van der Waals surface area contributed by atoms with E-state index in [2.05, 4.69) is 31.9 Å². The maximum Gasteiger partial charge on any atom is 0.344 e. The molecule has 0 unspecified atom stereocenters. The average Bonchev–Trinajstić information content (AvgIpc) is 2.61. The van der Waals surface area contributed by atoms with Gasteiger partial charge in [-0.3, -0.25) is 10.1 Å². The Kier molecular flexibility index (Phi) is 8.19. The van der Waals surface area contributed by atoms with Gasteiger partial charge in [-0.1, -0.05) is 0 Å². The number of carboxylic acids is 2. The van der Waals surface area contributed by atoms with Crippen LogP contribution in [-0.2, 0) is 0 Å². The maximum atomic E-state index is 10.8. The van der Waals surface area contributed by atoms with E-state index < -0.39 is 28.1 Å². The Morgan fingerprint density at radius 2 is 1.39 bits per heavy atom. The highest BCUT2D eigenvalue weighted by Gasteiger charge is 2.28. The molecule has 0 radical (unpaired) electrons. The van der Waals surface area contributed by atoms with Gasteiger partial charge in [0.1, 0.15) is 11.3 Å². The number of hydrogen-bond donors (Lipinski definition) is 3. The Bertz CT molecular complexity index is 933. The summed E-state index contributed by atoms with van der Waals surface area (Å²) in [7, 11) is 2.67. The molecule has 2 aromatic rings. The number of nitrogens with zero attached hydrogens (tertiary/aromatic N) is 1. The molecule has 0 spiro atoms. The van der Waals surface area contributed by atoms with Crippen LogP contribution >= 0.6 is 31.9 Å². The lowest BCUT2D eigenvalue weighted by atomic mass is 10.1. The summed E-state index contributed by atoms with van der Waals surface area (Å²) < 4.78 is 10.2. The van der Waals surface area contributed by atoms with Crippen molar-refractivity contribution >= 4 is 55.2 Å². The average molecular weight is 522 g/mol. The van der Waals surface area contributed by atoms with E-state index in [9.17, 15) is 19.7 Å². The van der Waals surface area contributed by atoms with Crippen molar-refractivity contribution < 1.29 is 34.2 Å². The lowest BCUT2D eigenvalue weighted by Crippen LogP contribution is -2.05. The molecule has 12 heteroatoms. The minimum Gasteiger partial charge on any atom is -0.495 e. The van der Waals surface area contributed by atoms with Crippen molar-refractivity contribution in [3.63, 3.8) is 0 Å². The van der Waals surface area contributed by atoms with Crippen molar-refractivity contribution in [1.29, 1.82) is 0 Å². The van der Waals surface area contributed by atoms with Crippen LogP contribution in [0.3, 0.4) is 0 Å². The van der Waals surface area contributed by atoms with Gasteiger partial charge >= 0.3 is 17.6 Å². The molecule has 0 saturated heterocycles. The normalized spacial score (nSPS) is 9.71. The van der Waals surface area contributed by atoms with Gasteiger partial charge in [0.25, 0.3) is 0 Å². The van der Waals surface area contributed by atoms with Crippen LogP contribution in [0.5, 0.6) is 11.5 Å². The predicted octanol–water partition coefficient (Wildman–Crippen LogP) is 3.80. The number of aromatic carboxylic acids is 2. The van der Waals surface area contributed by atoms with Crippen molar-refractivity contribution in [1.82, 2.24) is 0 Å². The van der Waals surface area contributed by atoms with Crippen molar-refractivity contribution in [2.45, 2.75) is 0 Å². The van der Waals surface area contributed by atoms with Gasteiger partial charge < -0.3 is 25.4 Å². The number of nitro groups is 1. The first-order valence-corrected chi connectivity index (χ1v) is 8.74. The van der Waals surface area contributed by atoms with Crippen molar-refractivity contribution in [3.8, 4) is 11.5 Å². The molecule has 0 aliphatic rings. The Hall–Kier alpha value is -2.86. The van der Waals surface area contributed by atoms with Crippen LogP contribution in [0.25, 0.3) is 0 Å². The quantitative estimate of drug-likeness (QED) is 0.301. The van der Waals surface area contributed by atoms with Gasteiger partial charge in [0.05, 0.1) is 24.8 Å². The third-order valence-corrected chi connectivity index (χ3v) is 4.62. The first kappa shape index (κ1) is 23.2. The SMILES string of the molecule is COc1ccc(Br)c(C(=O)O)c1N.COc1ccc(Br)c(C(=O)O)c1[N+](=O)[O-]. The zero-order valence-electron chi connectivity index (χ0n) is 14.4. The Balaban J connectivity index is 0.000000283. The molecule has 0 amide bonds. The lowest BCUT2D eigenvalue weighted by Gasteiger charge is -2.08. The number of carbonyl (C=O) groups is 2. The lowest BCUT2D eigenvalue weighted by molar-refractivity contribution is -0.386. The number of rotatable bonds is 5. The van der Waals surface area contributed by atoms with Gasteiger partial charge in [-0.15, -0.1) is 0 Å². The summed E-state index contributed by atoms with van der Waals surface area (Å²) in [5.74, 6) is -2.18. The molecule has 150 valence electrons. The molecule has 28 heavy (non-hydrogen) atoms. The number of benzene rings is 2. The summed E-state index contributed by atoms with van der Waals surface area (Å²) in [6.07, 6.45) is 0. The number of ether oxygens (including phenoxy) is 2. The highest BCUT2D eigenvalue weighted by molar-refractivity contribution is 9.10. The van der Waals surface area contributed by atoms with Crippen LogP contribution in [0.2, 0.25) is 0 Å². The van der Waals surface area contributed by atoms with Crippen LogP contribution in [0.15, 0.2) is 33.2 Å². The number of nitrogen functional groups attached to an aromatic ring is 1. The highest BCUT2D eigenvalue weighted by Crippen LogP contribution is 2.35. The van der Waals surface area contributed by atoms with Crippen LogP contribution in [0.4, 0.5) is 11.4 Å². The fourth-order valence-electron chi connectivity index (χ4n) is 2.07. The number of hydrogen-bond acceptors (Lipinski definition) is 7. The molecule has 2 aromatic carbocycles. The molecular formula is C16H14Br2N2O8. The molecule has 0 aromatic heterocycles. The van der Waals surface area contributed by atoms with Crippen LogP contribution in [0, 0.1) is 10.1 Å². The standard InChI is InChI=1S/C8H6BrNO5.C8H8BrNO3/c1-15-5-3-2-4(9)6(8(11)12)7(5)10(13)14;1-13-5-3-2-4(9)6(7(5)10)8(11)12/h2-3H,1H3,(H,11,12);2-3H,10H2,1H3,(H,11,12). The molecule has 10 nitrogen and oxygen atoms in total. The summed E-state index contributed by atoms with van der Waals surface area (Å²) in [5, 5.41) is 28.3. The Morgan fingerprint density at radius 1 is 0.964 bits per heavy atom. The highest BCUT2D eigenvalue weighted by atomic mass is 79.9. The second-order valence-corrected chi connectivity index (χ2v) is 6.59.